The molecule has 4 unspecified atom stereocenters. The highest BCUT2D eigenvalue weighted by atomic mass is 32.2. The second-order valence-electron chi connectivity index (χ2n) is 10.2. The van der Waals surface area contributed by atoms with E-state index in [1.54, 1.807) is 0 Å². The lowest BCUT2D eigenvalue weighted by atomic mass is 9.67. The summed E-state index contributed by atoms with van der Waals surface area (Å²) in [5.74, 6) is 7.20. The normalized spacial score (nSPS) is 46.4. The molecule has 5 rings (SSSR count). The van der Waals surface area contributed by atoms with E-state index in [1.807, 2.05) is 0 Å². The Morgan fingerprint density at radius 2 is 0.900 bits per heavy atom. The highest BCUT2D eigenvalue weighted by molar-refractivity contribution is 8.09. The van der Waals surface area contributed by atoms with Crippen molar-refractivity contribution in [2.75, 3.05) is 28.8 Å². The van der Waals surface area contributed by atoms with Gasteiger partial charge in [0.15, 0.2) is 0 Å². The number of rotatable bonds is 4. The summed E-state index contributed by atoms with van der Waals surface area (Å²) in [5.41, 5.74) is 0. The van der Waals surface area contributed by atoms with Crippen LogP contribution in [0.5, 0.6) is 0 Å². The van der Waals surface area contributed by atoms with Crippen LogP contribution in [0.1, 0.15) is 96.3 Å². The Hall–Kier alpha value is 1.75. The van der Waals surface area contributed by atoms with Crippen molar-refractivity contribution in [3.8, 4) is 0 Å². The maximum Gasteiger partial charge on any atom is 0.0474 e. The summed E-state index contributed by atoms with van der Waals surface area (Å²) < 4.78 is 1.62. The van der Waals surface area contributed by atoms with Crippen LogP contribution in [0.25, 0.3) is 0 Å². The van der Waals surface area contributed by atoms with E-state index in [2.05, 4.69) is 58.8 Å². The van der Waals surface area contributed by atoms with E-state index >= 15 is 0 Å². The lowest BCUT2D eigenvalue weighted by Gasteiger charge is -2.67. The smallest absolute Gasteiger partial charge is 0.0474 e. The lowest BCUT2D eigenvalue weighted by Crippen LogP contribution is -2.71. The Labute approximate surface area is 207 Å². The van der Waals surface area contributed by atoms with Crippen molar-refractivity contribution < 1.29 is 0 Å². The fourth-order valence-corrected chi connectivity index (χ4v) is 17.8. The van der Waals surface area contributed by atoms with Crippen molar-refractivity contribution in [3.05, 3.63) is 0 Å². The highest BCUT2D eigenvalue weighted by Crippen LogP contribution is 2.70. The van der Waals surface area contributed by atoms with Gasteiger partial charge in [-0.05, 0) is 93.0 Å². The average molecular weight is 503 g/mol. The fraction of sp³-hybridized carbons (Fsp3) is 1.00. The molecule has 30 heavy (non-hydrogen) atoms. The zero-order valence-corrected chi connectivity index (χ0v) is 22.9. The molecule has 0 nitrogen and oxygen atoms in total. The van der Waals surface area contributed by atoms with Gasteiger partial charge in [0.2, 0.25) is 0 Å². The summed E-state index contributed by atoms with van der Waals surface area (Å²) in [6, 6.07) is 0. The maximum atomic E-state index is 2.54. The van der Waals surface area contributed by atoms with Crippen molar-refractivity contribution in [1.82, 2.24) is 0 Å². The van der Waals surface area contributed by atoms with Crippen molar-refractivity contribution in [3.63, 3.8) is 0 Å². The van der Waals surface area contributed by atoms with Crippen LogP contribution in [0.4, 0.5) is 0 Å². The molecule has 0 aliphatic carbocycles. The molecule has 0 N–H and O–H groups in total. The molecular formula is C25H42S5. The Morgan fingerprint density at radius 3 is 1.27 bits per heavy atom. The molecule has 0 radical (unpaired) electrons. The molecule has 0 spiro atoms. The highest BCUT2D eigenvalue weighted by Gasteiger charge is 2.68. The Morgan fingerprint density at radius 1 is 0.433 bits per heavy atom. The zero-order valence-electron chi connectivity index (χ0n) is 18.8. The molecule has 0 amide bonds. The third-order valence-corrected chi connectivity index (χ3v) is 17.9. The molecular weight excluding hydrogens is 461 g/mol. The summed E-state index contributed by atoms with van der Waals surface area (Å²) in [4.78, 5) is 0. The van der Waals surface area contributed by atoms with E-state index in [9.17, 15) is 0 Å². The first kappa shape index (κ1) is 23.5. The first-order valence-corrected chi connectivity index (χ1v) is 18.0. The Balaban J connectivity index is 1.62. The second-order valence-corrected chi connectivity index (χ2v) is 17.1. The fourth-order valence-electron chi connectivity index (χ4n) is 7.33. The van der Waals surface area contributed by atoms with Gasteiger partial charge in [-0.15, -0.1) is 0 Å². The molecule has 5 heterocycles. The van der Waals surface area contributed by atoms with Crippen LogP contribution in [0.15, 0.2) is 0 Å². The second kappa shape index (κ2) is 10.6. The minimum atomic E-state index is 0.526. The predicted octanol–water partition coefficient (Wildman–Crippen LogP) is 8.53. The minimum absolute atomic E-state index is 0.526. The first-order chi connectivity index (χ1) is 14.8. The third kappa shape index (κ3) is 4.07. The molecule has 5 aliphatic rings. The number of hydrogen-bond donors (Lipinski definition) is 0. The van der Waals surface area contributed by atoms with Gasteiger partial charge in [-0.2, -0.15) is 58.8 Å². The van der Waals surface area contributed by atoms with E-state index in [0.717, 1.165) is 10.5 Å². The van der Waals surface area contributed by atoms with Crippen molar-refractivity contribution in [2.24, 2.45) is 0 Å². The van der Waals surface area contributed by atoms with Gasteiger partial charge in [0, 0.05) is 24.7 Å². The standard InChI is InChI=1S/C25H42S5/c1-6-16-26-21(11-1)23(13-3-8-18-28-23)25(15-5-10-20-30-25)24(14-4-9-19-29-24)22-12-2-7-17-27-22/h21-22H,1-20H2. The molecule has 0 aromatic carbocycles. The number of hydrogen-bond acceptors (Lipinski definition) is 5. The van der Waals surface area contributed by atoms with Crippen LogP contribution in [0, 0.1) is 0 Å². The van der Waals surface area contributed by atoms with Crippen molar-refractivity contribution >= 4 is 58.8 Å². The van der Waals surface area contributed by atoms with Gasteiger partial charge in [0.05, 0.1) is 0 Å². The summed E-state index contributed by atoms with van der Waals surface area (Å²) in [6.07, 6.45) is 22.5. The van der Waals surface area contributed by atoms with Gasteiger partial charge in [-0.1, -0.05) is 32.1 Å². The van der Waals surface area contributed by atoms with Gasteiger partial charge in [0.25, 0.3) is 0 Å². The Bertz CT molecular complexity index is 492. The molecule has 5 aliphatic heterocycles. The summed E-state index contributed by atoms with van der Waals surface area (Å²) in [6.45, 7) is 0. The summed E-state index contributed by atoms with van der Waals surface area (Å²) in [5, 5.41) is 1.85. The largest absolute Gasteiger partial charge is 0.157 e. The number of thioether (sulfide) groups is 5. The van der Waals surface area contributed by atoms with Gasteiger partial charge in [0.1, 0.15) is 0 Å². The third-order valence-electron chi connectivity index (χ3n) is 8.64. The van der Waals surface area contributed by atoms with Crippen molar-refractivity contribution in [1.29, 1.82) is 0 Å². The molecule has 5 heteroatoms. The average Bonchev–Trinajstić information content (AvgIpc) is 2.86. The molecule has 0 bridgehead atoms. The van der Waals surface area contributed by atoms with E-state index < -0.39 is 0 Å². The monoisotopic (exact) mass is 502 g/mol. The van der Waals surface area contributed by atoms with Crippen LogP contribution in [0.3, 0.4) is 0 Å². The minimum Gasteiger partial charge on any atom is -0.157 e. The van der Waals surface area contributed by atoms with E-state index in [4.69, 9.17) is 0 Å². The van der Waals surface area contributed by atoms with Crippen LogP contribution in [-0.4, -0.2) is 53.5 Å². The van der Waals surface area contributed by atoms with E-state index in [0.29, 0.717) is 14.2 Å². The molecule has 0 saturated carbocycles. The van der Waals surface area contributed by atoms with Gasteiger partial charge < -0.3 is 0 Å². The van der Waals surface area contributed by atoms with E-state index in [1.165, 1.54) is 125 Å². The Kier molecular flexibility index (Phi) is 8.27. The van der Waals surface area contributed by atoms with Gasteiger partial charge in [-0.3, -0.25) is 0 Å². The van der Waals surface area contributed by atoms with Gasteiger partial charge >= 0.3 is 0 Å². The van der Waals surface area contributed by atoms with Crippen molar-refractivity contribution in [2.45, 2.75) is 121 Å². The summed E-state index contributed by atoms with van der Waals surface area (Å²) in [7, 11) is 0. The molecule has 4 atom stereocenters. The lowest BCUT2D eigenvalue weighted by molar-refractivity contribution is 0.239. The molecule has 172 valence electrons. The maximum absolute atomic E-state index is 2.54. The molecule has 0 aromatic heterocycles. The van der Waals surface area contributed by atoms with Crippen LogP contribution in [-0.2, 0) is 0 Å². The quantitative estimate of drug-likeness (QED) is 0.376. The SMILES string of the molecule is C1CCC(C2(C3(C4(C5CCCCS5)CCCCS4)CCCCS3)CCCCS2)SC1. The first-order valence-electron chi connectivity index (χ1n) is 13.0. The summed E-state index contributed by atoms with van der Waals surface area (Å²) >= 11 is 12.4. The molecule has 0 aromatic rings. The molecule has 5 fully saturated rings. The topological polar surface area (TPSA) is 0 Å². The van der Waals surface area contributed by atoms with Crippen LogP contribution in [0.2, 0.25) is 0 Å². The molecule has 5 saturated heterocycles. The zero-order chi connectivity index (χ0) is 20.3. The van der Waals surface area contributed by atoms with Crippen LogP contribution >= 0.6 is 58.8 Å². The van der Waals surface area contributed by atoms with Gasteiger partial charge in [-0.25, -0.2) is 0 Å². The predicted molar refractivity (Wildman–Crippen MR) is 147 cm³/mol. The van der Waals surface area contributed by atoms with Crippen LogP contribution < -0.4 is 0 Å². The van der Waals surface area contributed by atoms with E-state index in [-0.39, 0.29) is 0 Å².